The first-order chi connectivity index (χ1) is 6.74. The molecule has 0 aromatic carbocycles. The van der Waals surface area contributed by atoms with Gasteiger partial charge in [-0.25, -0.2) is 14.6 Å². The summed E-state index contributed by atoms with van der Waals surface area (Å²) in [5.74, 6) is 0. The zero-order valence-corrected chi connectivity index (χ0v) is 8.85. The minimum atomic E-state index is -3.00. The Kier molecular flexibility index (Phi) is 6.68. The number of hydrogen-bond donors (Lipinski definition) is 0. The molecule has 0 aliphatic rings. The van der Waals surface area contributed by atoms with E-state index in [1.54, 1.807) is 0 Å². The highest BCUT2D eigenvalue weighted by Crippen LogP contribution is 2.07. The van der Waals surface area contributed by atoms with E-state index in [0.29, 0.717) is 0 Å². The van der Waals surface area contributed by atoms with Gasteiger partial charge < -0.3 is 13.3 Å². The lowest BCUT2D eigenvalue weighted by Crippen LogP contribution is -2.47. The van der Waals surface area contributed by atoms with Gasteiger partial charge in [-0.15, -0.1) is 0 Å². The molecule has 0 heterocycles. The summed E-state index contributed by atoms with van der Waals surface area (Å²) < 4.78 is 15.0. The van der Waals surface area contributed by atoms with Crippen molar-refractivity contribution in [3.05, 3.63) is 0 Å². The first-order valence-corrected chi connectivity index (χ1v) is 5.49. The standard InChI is InChI=1S/C6H10N2O5Si/c1-11-14(12-2,6-8-4-10)13-5-7-3-9/h5-6H2,1-2H3. The number of carbonyl (C=O) groups excluding carboxylic acids is 2. The van der Waals surface area contributed by atoms with Crippen molar-refractivity contribution in [3.8, 4) is 0 Å². The van der Waals surface area contributed by atoms with E-state index in [0.717, 1.165) is 0 Å². The van der Waals surface area contributed by atoms with Crippen LogP contribution >= 0.6 is 0 Å². The average Bonchev–Trinajstić information content (AvgIpc) is 2.24. The number of aliphatic imine (C=N–C) groups is 2. The van der Waals surface area contributed by atoms with E-state index < -0.39 is 8.80 Å². The molecular formula is C6H10N2O5Si. The Morgan fingerprint density at radius 3 is 2.14 bits per heavy atom. The van der Waals surface area contributed by atoms with Gasteiger partial charge in [0.05, 0.1) is 0 Å². The van der Waals surface area contributed by atoms with Crippen LogP contribution in [0.25, 0.3) is 0 Å². The molecule has 0 bridgehead atoms. The second-order valence-electron chi connectivity index (χ2n) is 2.02. The minimum absolute atomic E-state index is 0.0577. The maximum Gasteiger partial charge on any atom is 0.525 e. The monoisotopic (exact) mass is 218 g/mol. The van der Waals surface area contributed by atoms with Crippen molar-refractivity contribution in [2.75, 3.05) is 27.1 Å². The van der Waals surface area contributed by atoms with Crippen LogP contribution in [0, 0.1) is 0 Å². The van der Waals surface area contributed by atoms with Crippen molar-refractivity contribution >= 4 is 21.0 Å². The topological polar surface area (TPSA) is 86.6 Å². The molecule has 0 aromatic heterocycles. The molecule has 0 amide bonds. The lowest BCUT2D eigenvalue weighted by Gasteiger charge is -2.22. The van der Waals surface area contributed by atoms with Crippen molar-refractivity contribution in [2.45, 2.75) is 0 Å². The van der Waals surface area contributed by atoms with Crippen LogP contribution in [0.3, 0.4) is 0 Å². The molecule has 0 rings (SSSR count). The van der Waals surface area contributed by atoms with Crippen LogP contribution < -0.4 is 0 Å². The quantitative estimate of drug-likeness (QED) is 0.323. The normalized spacial score (nSPS) is 10.1. The Hall–Kier alpha value is -1.14. The van der Waals surface area contributed by atoms with Gasteiger partial charge >= 0.3 is 8.80 Å². The van der Waals surface area contributed by atoms with Crippen LogP contribution in [0.15, 0.2) is 9.98 Å². The Balaban J connectivity index is 4.34. The van der Waals surface area contributed by atoms with Crippen LogP contribution in [0.1, 0.15) is 0 Å². The SMILES string of the molecule is CO[Si](CN=C=O)(OC)OCN=C=O. The molecular weight excluding hydrogens is 208 g/mol. The predicted molar refractivity (Wildman–Crippen MR) is 46.8 cm³/mol. The summed E-state index contributed by atoms with van der Waals surface area (Å²) in [4.78, 5) is 26.1. The van der Waals surface area contributed by atoms with Crippen LogP contribution in [0.2, 0.25) is 0 Å². The van der Waals surface area contributed by atoms with Crippen molar-refractivity contribution in [3.63, 3.8) is 0 Å². The Morgan fingerprint density at radius 1 is 1.14 bits per heavy atom. The van der Waals surface area contributed by atoms with Crippen molar-refractivity contribution < 1.29 is 22.9 Å². The Morgan fingerprint density at radius 2 is 1.71 bits per heavy atom. The molecule has 0 atom stereocenters. The maximum atomic E-state index is 9.89. The highest BCUT2D eigenvalue weighted by atomic mass is 28.4. The zero-order chi connectivity index (χ0) is 10.9. The fourth-order valence-corrected chi connectivity index (χ4v) is 1.93. The van der Waals surface area contributed by atoms with E-state index in [9.17, 15) is 9.59 Å². The van der Waals surface area contributed by atoms with Crippen LogP contribution in [0.5, 0.6) is 0 Å². The summed E-state index contributed by atoms with van der Waals surface area (Å²) in [6.07, 6.45) is 2.58. The van der Waals surface area contributed by atoms with E-state index in [1.165, 1.54) is 26.4 Å². The van der Waals surface area contributed by atoms with E-state index in [-0.39, 0.29) is 12.9 Å². The maximum absolute atomic E-state index is 9.89. The molecule has 0 aliphatic heterocycles. The largest absolute Gasteiger partial charge is 0.525 e. The van der Waals surface area contributed by atoms with Crippen LogP contribution in [-0.4, -0.2) is 48.1 Å². The molecule has 78 valence electrons. The molecule has 0 saturated heterocycles. The van der Waals surface area contributed by atoms with Gasteiger partial charge in [-0.1, -0.05) is 0 Å². The molecule has 0 aromatic rings. The van der Waals surface area contributed by atoms with Gasteiger partial charge in [0, 0.05) is 14.2 Å². The molecule has 0 fully saturated rings. The summed E-state index contributed by atoms with van der Waals surface area (Å²) in [5.41, 5.74) is 0. The highest BCUT2D eigenvalue weighted by Gasteiger charge is 2.39. The number of hydrogen-bond acceptors (Lipinski definition) is 7. The van der Waals surface area contributed by atoms with Crippen molar-refractivity contribution in [2.24, 2.45) is 9.98 Å². The van der Waals surface area contributed by atoms with Gasteiger partial charge in [0.2, 0.25) is 12.2 Å². The molecule has 7 nitrogen and oxygen atoms in total. The number of isocyanates is 2. The van der Waals surface area contributed by atoms with Crippen molar-refractivity contribution in [1.29, 1.82) is 0 Å². The average molecular weight is 218 g/mol. The van der Waals surface area contributed by atoms with Gasteiger partial charge in [-0.2, -0.15) is 4.99 Å². The lowest BCUT2D eigenvalue weighted by atomic mass is 11.3. The smallest absolute Gasteiger partial charge is 0.376 e. The number of nitrogens with zero attached hydrogens (tertiary/aromatic N) is 2. The number of rotatable bonds is 7. The third-order valence-corrected chi connectivity index (χ3v) is 3.73. The summed E-state index contributed by atoms with van der Waals surface area (Å²) >= 11 is 0. The summed E-state index contributed by atoms with van der Waals surface area (Å²) in [6, 6.07) is 0. The second kappa shape index (κ2) is 7.28. The van der Waals surface area contributed by atoms with Gasteiger partial charge in [-0.3, -0.25) is 0 Å². The fraction of sp³-hybridized carbons (Fsp3) is 0.667. The Bertz CT molecular complexity index is 255. The first kappa shape index (κ1) is 12.9. The molecule has 0 spiro atoms. The molecule has 14 heavy (non-hydrogen) atoms. The van der Waals surface area contributed by atoms with Gasteiger partial charge in [0.25, 0.3) is 0 Å². The zero-order valence-electron chi connectivity index (χ0n) is 7.85. The molecule has 0 unspecified atom stereocenters. The fourth-order valence-electron chi connectivity index (χ4n) is 0.662. The van der Waals surface area contributed by atoms with Gasteiger partial charge in [0.1, 0.15) is 12.9 Å². The Labute approximate surface area is 81.8 Å². The van der Waals surface area contributed by atoms with E-state index >= 15 is 0 Å². The molecule has 0 radical (unpaired) electrons. The molecule has 0 N–H and O–H groups in total. The van der Waals surface area contributed by atoms with Crippen LogP contribution in [0.4, 0.5) is 0 Å². The summed E-state index contributed by atoms with van der Waals surface area (Å²) in [5, 5.41) is 0. The van der Waals surface area contributed by atoms with Gasteiger partial charge in [0.15, 0.2) is 0 Å². The van der Waals surface area contributed by atoms with Crippen molar-refractivity contribution in [1.82, 2.24) is 0 Å². The summed E-state index contributed by atoms with van der Waals surface area (Å²) in [7, 11) is -0.280. The van der Waals surface area contributed by atoms with Crippen LogP contribution in [-0.2, 0) is 22.9 Å². The first-order valence-electron chi connectivity index (χ1n) is 3.56. The molecule has 0 saturated carbocycles. The van der Waals surface area contributed by atoms with Gasteiger partial charge in [-0.05, 0) is 0 Å². The lowest BCUT2D eigenvalue weighted by molar-refractivity contribution is 0.103. The highest BCUT2D eigenvalue weighted by molar-refractivity contribution is 6.60. The predicted octanol–water partition coefficient (Wildman–Crippen LogP) is -0.597. The molecule has 8 heteroatoms. The summed E-state index contributed by atoms with van der Waals surface area (Å²) in [6.45, 7) is -0.230. The van der Waals surface area contributed by atoms with E-state index in [1.807, 2.05) is 0 Å². The van der Waals surface area contributed by atoms with E-state index in [2.05, 4.69) is 9.98 Å². The third-order valence-electron chi connectivity index (χ3n) is 1.37. The second-order valence-corrected chi connectivity index (χ2v) is 4.81. The minimum Gasteiger partial charge on any atom is -0.376 e. The van der Waals surface area contributed by atoms with E-state index in [4.69, 9.17) is 13.3 Å². The molecule has 0 aliphatic carbocycles. The third kappa shape index (κ3) is 4.20.